The van der Waals surface area contributed by atoms with Gasteiger partial charge in [0.15, 0.2) is 5.65 Å². The van der Waals surface area contributed by atoms with Crippen molar-refractivity contribution in [3.63, 3.8) is 0 Å². The summed E-state index contributed by atoms with van der Waals surface area (Å²) in [6, 6.07) is 4.15. The molecule has 2 N–H and O–H groups in total. The maximum atomic E-state index is 9.43. The number of halogens is 1. The smallest absolute Gasteiger partial charge is 0.243 e. The summed E-state index contributed by atoms with van der Waals surface area (Å²) in [7, 11) is 0. The standard InChI is InChI=1S/C13H17BrN4O/c14-10-5-3-7-18-12(10)16-13(17-18)15-11-6-2-1-4-9(11)8-19/h3,5,7,9,11,19H,1-2,4,6,8H2,(H,15,17). The normalized spacial score (nSPS) is 23.7. The van der Waals surface area contributed by atoms with Gasteiger partial charge in [-0.3, -0.25) is 0 Å². The maximum absolute atomic E-state index is 9.43. The highest BCUT2D eigenvalue weighted by Gasteiger charge is 2.25. The van der Waals surface area contributed by atoms with Crippen molar-refractivity contribution in [2.24, 2.45) is 5.92 Å². The first kappa shape index (κ1) is 12.9. The molecule has 6 heteroatoms. The molecular formula is C13H17BrN4O. The van der Waals surface area contributed by atoms with E-state index in [0.717, 1.165) is 23.0 Å². The molecule has 1 saturated carbocycles. The molecule has 5 nitrogen and oxygen atoms in total. The number of aliphatic hydroxyl groups is 1. The van der Waals surface area contributed by atoms with Crippen LogP contribution in [0.25, 0.3) is 5.65 Å². The number of rotatable bonds is 3. The molecule has 1 aliphatic carbocycles. The summed E-state index contributed by atoms with van der Waals surface area (Å²) in [5.74, 6) is 0.945. The number of nitrogens with zero attached hydrogens (tertiary/aromatic N) is 3. The summed E-state index contributed by atoms with van der Waals surface area (Å²) >= 11 is 3.47. The minimum Gasteiger partial charge on any atom is -0.396 e. The Balaban J connectivity index is 1.82. The molecule has 0 radical (unpaired) electrons. The fourth-order valence-electron chi connectivity index (χ4n) is 2.72. The second-order valence-corrected chi connectivity index (χ2v) is 5.89. The molecule has 0 aliphatic heterocycles. The van der Waals surface area contributed by atoms with Crippen LogP contribution in [0.2, 0.25) is 0 Å². The lowest BCUT2D eigenvalue weighted by atomic mass is 9.85. The summed E-state index contributed by atoms with van der Waals surface area (Å²) in [5.41, 5.74) is 0.807. The number of pyridine rings is 1. The Labute approximate surface area is 120 Å². The van der Waals surface area contributed by atoms with Crippen LogP contribution < -0.4 is 5.32 Å². The van der Waals surface area contributed by atoms with Gasteiger partial charge >= 0.3 is 0 Å². The van der Waals surface area contributed by atoms with Crippen molar-refractivity contribution in [3.8, 4) is 0 Å². The van der Waals surface area contributed by atoms with Crippen molar-refractivity contribution in [1.29, 1.82) is 0 Å². The Kier molecular flexibility index (Phi) is 3.70. The van der Waals surface area contributed by atoms with Gasteiger partial charge in [0.2, 0.25) is 5.95 Å². The minimum atomic E-state index is 0.231. The lowest BCUT2D eigenvalue weighted by Gasteiger charge is -2.30. The van der Waals surface area contributed by atoms with Gasteiger partial charge in [-0.2, -0.15) is 4.98 Å². The molecule has 1 aliphatic rings. The summed E-state index contributed by atoms with van der Waals surface area (Å²) in [6.07, 6.45) is 6.43. The first-order valence-electron chi connectivity index (χ1n) is 6.66. The molecule has 102 valence electrons. The Morgan fingerprint density at radius 2 is 2.26 bits per heavy atom. The molecule has 0 spiro atoms. The van der Waals surface area contributed by atoms with E-state index >= 15 is 0 Å². The third-order valence-electron chi connectivity index (χ3n) is 3.77. The highest BCUT2D eigenvalue weighted by atomic mass is 79.9. The second-order valence-electron chi connectivity index (χ2n) is 5.04. The third kappa shape index (κ3) is 2.60. The van der Waals surface area contributed by atoms with Crippen molar-refractivity contribution in [2.45, 2.75) is 31.7 Å². The van der Waals surface area contributed by atoms with Crippen LogP contribution in [0.3, 0.4) is 0 Å². The molecule has 2 aromatic heterocycles. The predicted molar refractivity (Wildman–Crippen MR) is 77.1 cm³/mol. The highest BCUT2D eigenvalue weighted by molar-refractivity contribution is 9.10. The van der Waals surface area contributed by atoms with Gasteiger partial charge < -0.3 is 10.4 Å². The number of nitrogens with one attached hydrogen (secondary N) is 1. The number of hydrogen-bond acceptors (Lipinski definition) is 4. The van der Waals surface area contributed by atoms with E-state index in [1.165, 1.54) is 12.8 Å². The zero-order valence-electron chi connectivity index (χ0n) is 10.6. The van der Waals surface area contributed by atoms with Crippen LogP contribution in [0.1, 0.15) is 25.7 Å². The molecule has 2 aromatic rings. The molecule has 2 heterocycles. The molecule has 0 bridgehead atoms. The summed E-state index contributed by atoms with van der Waals surface area (Å²) < 4.78 is 2.68. The quantitative estimate of drug-likeness (QED) is 0.910. The van der Waals surface area contributed by atoms with Gasteiger partial charge in [-0.05, 0) is 40.9 Å². The second kappa shape index (κ2) is 5.46. The van der Waals surface area contributed by atoms with Gasteiger partial charge in [-0.1, -0.05) is 12.8 Å². The van der Waals surface area contributed by atoms with Crippen LogP contribution in [-0.2, 0) is 0 Å². The van der Waals surface area contributed by atoms with Gasteiger partial charge in [0.1, 0.15) is 0 Å². The Morgan fingerprint density at radius 1 is 1.42 bits per heavy atom. The van der Waals surface area contributed by atoms with Gasteiger partial charge in [-0.15, -0.1) is 5.10 Å². The largest absolute Gasteiger partial charge is 0.396 e. The molecule has 2 unspecified atom stereocenters. The molecule has 0 amide bonds. The maximum Gasteiger partial charge on any atom is 0.243 e. The first-order chi connectivity index (χ1) is 9.28. The SMILES string of the molecule is OCC1CCCCC1Nc1nc2c(Br)cccn2n1. The zero-order valence-corrected chi connectivity index (χ0v) is 12.2. The Hall–Kier alpha value is -1.14. The van der Waals surface area contributed by atoms with Crippen molar-refractivity contribution < 1.29 is 5.11 Å². The number of anilines is 1. The van der Waals surface area contributed by atoms with Crippen LogP contribution in [0.4, 0.5) is 5.95 Å². The van der Waals surface area contributed by atoms with E-state index in [2.05, 4.69) is 31.3 Å². The van der Waals surface area contributed by atoms with Gasteiger partial charge in [0.05, 0.1) is 4.47 Å². The van der Waals surface area contributed by atoms with Crippen molar-refractivity contribution >= 4 is 27.5 Å². The molecule has 1 fully saturated rings. The summed E-state index contributed by atoms with van der Waals surface area (Å²) in [4.78, 5) is 4.49. The summed E-state index contributed by atoms with van der Waals surface area (Å²) in [6.45, 7) is 0.231. The molecule has 0 saturated heterocycles. The molecule has 3 rings (SSSR count). The number of aromatic nitrogens is 3. The van der Waals surface area contributed by atoms with E-state index in [1.54, 1.807) is 4.52 Å². The lowest BCUT2D eigenvalue weighted by molar-refractivity contribution is 0.178. The molecule has 2 atom stereocenters. The van der Waals surface area contributed by atoms with Crippen LogP contribution in [0.15, 0.2) is 22.8 Å². The predicted octanol–water partition coefficient (Wildman–Crippen LogP) is 2.45. The number of aliphatic hydroxyl groups excluding tert-OH is 1. The molecule has 19 heavy (non-hydrogen) atoms. The first-order valence-corrected chi connectivity index (χ1v) is 7.45. The van der Waals surface area contributed by atoms with Crippen LogP contribution >= 0.6 is 15.9 Å². The van der Waals surface area contributed by atoms with E-state index in [4.69, 9.17) is 0 Å². The average Bonchev–Trinajstić information content (AvgIpc) is 2.83. The van der Waals surface area contributed by atoms with Crippen molar-refractivity contribution in [2.75, 3.05) is 11.9 Å². The van der Waals surface area contributed by atoms with Crippen LogP contribution in [0, 0.1) is 5.92 Å². The lowest BCUT2D eigenvalue weighted by Crippen LogP contribution is -2.34. The average molecular weight is 325 g/mol. The van der Waals surface area contributed by atoms with E-state index in [0.29, 0.717) is 11.9 Å². The van der Waals surface area contributed by atoms with Crippen molar-refractivity contribution in [3.05, 3.63) is 22.8 Å². The number of fused-ring (bicyclic) bond motifs is 1. The monoisotopic (exact) mass is 324 g/mol. The Morgan fingerprint density at radius 3 is 3.05 bits per heavy atom. The fourth-order valence-corrected chi connectivity index (χ4v) is 3.14. The zero-order chi connectivity index (χ0) is 13.2. The minimum absolute atomic E-state index is 0.231. The molecule has 0 aromatic carbocycles. The van der Waals surface area contributed by atoms with E-state index in [9.17, 15) is 5.11 Å². The van der Waals surface area contributed by atoms with Crippen molar-refractivity contribution in [1.82, 2.24) is 14.6 Å². The number of hydrogen-bond donors (Lipinski definition) is 2. The van der Waals surface area contributed by atoms with E-state index in [-0.39, 0.29) is 12.6 Å². The summed E-state index contributed by atoms with van der Waals surface area (Å²) in [5, 5.41) is 17.2. The van der Waals surface area contributed by atoms with Crippen LogP contribution in [0.5, 0.6) is 0 Å². The van der Waals surface area contributed by atoms with Gasteiger partial charge in [0.25, 0.3) is 0 Å². The Bertz CT molecular complexity index is 571. The van der Waals surface area contributed by atoms with Gasteiger partial charge in [-0.25, -0.2) is 4.52 Å². The topological polar surface area (TPSA) is 62.5 Å². The molecular weight excluding hydrogens is 308 g/mol. The fraction of sp³-hybridized carbons (Fsp3) is 0.538. The van der Waals surface area contributed by atoms with Gasteiger partial charge in [0, 0.05) is 24.8 Å². The third-order valence-corrected chi connectivity index (χ3v) is 4.39. The van der Waals surface area contributed by atoms with E-state index < -0.39 is 0 Å². The van der Waals surface area contributed by atoms with Crippen LogP contribution in [-0.4, -0.2) is 32.4 Å². The van der Waals surface area contributed by atoms with E-state index in [1.807, 2.05) is 18.3 Å². The highest BCUT2D eigenvalue weighted by Crippen LogP contribution is 2.26.